The average Bonchev–Trinajstić information content (AvgIpc) is 3.25. The molecule has 1 saturated carbocycles. The molecule has 1 aliphatic carbocycles. The highest BCUT2D eigenvalue weighted by Gasteiger charge is 2.28. The zero-order chi connectivity index (χ0) is 21.3. The molecule has 3 rings (SSSR count). The maximum Gasteiger partial charge on any atom is 0.242 e. The number of thioether (sulfide) groups is 1. The largest absolute Gasteiger partial charge is 0.352 e. The first kappa shape index (κ1) is 22.7. The van der Waals surface area contributed by atoms with Crippen LogP contribution in [0.25, 0.3) is 0 Å². The van der Waals surface area contributed by atoms with Gasteiger partial charge in [0.15, 0.2) is 0 Å². The van der Waals surface area contributed by atoms with Crippen molar-refractivity contribution in [1.29, 1.82) is 0 Å². The Balaban J connectivity index is 1.65. The summed E-state index contributed by atoms with van der Waals surface area (Å²) in [4.78, 5) is 27.6. The molecule has 0 heterocycles. The molecule has 0 saturated heterocycles. The fourth-order valence-electron chi connectivity index (χ4n) is 3.72. The van der Waals surface area contributed by atoms with Crippen LogP contribution < -0.4 is 5.32 Å². The quantitative estimate of drug-likeness (QED) is 0.588. The van der Waals surface area contributed by atoms with Crippen molar-refractivity contribution in [1.82, 2.24) is 10.2 Å². The molecule has 0 aromatic heterocycles. The van der Waals surface area contributed by atoms with E-state index in [4.69, 9.17) is 11.6 Å². The smallest absolute Gasteiger partial charge is 0.242 e. The van der Waals surface area contributed by atoms with Gasteiger partial charge in [0.05, 0.1) is 5.75 Å². The van der Waals surface area contributed by atoms with Gasteiger partial charge in [0.25, 0.3) is 0 Å². The number of benzene rings is 2. The number of hydrogen-bond donors (Lipinski definition) is 1. The molecule has 2 aromatic carbocycles. The Hall–Kier alpha value is -1.98. The van der Waals surface area contributed by atoms with Crippen molar-refractivity contribution in [3.05, 3.63) is 70.7 Å². The van der Waals surface area contributed by atoms with Gasteiger partial charge < -0.3 is 10.2 Å². The van der Waals surface area contributed by atoms with Crippen LogP contribution in [0.5, 0.6) is 0 Å². The molecule has 6 heteroatoms. The van der Waals surface area contributed by atoms with Crippen molar-refractivity contribution in [3.63, 3.8) is 0 Å². The number of nitrogens with zero attached hydrogens (tertiary/aromatic N) is 1. The number of carbonyl (C=O) groups excluding carboxylic acids is 2. The van der Waals surface area contributed by atoms with E-state index in [2.05, 4.69) is 17.4 Å². The van der Waals surface area contributed by atoms with Crippen molar-refractivity contribution in [2.24, 2.45) is 0 Å². The van der Waals surface area contributed by atoms with E-state index in [9.17, 15) is 9.59 Å². The third-order valence-corrected chi connectivity index (χ3v) is 6.67. The van der Waals surface area contributed by atoms with Gasteiger partial charge in [0.2, 0.25) is 11.8 Å². The molecule has 30 heavy (non-hydrogen) atoms. The van der Waals surface area contributed by atoms with E-state index >= 15 is 0 Å². The van der Waals surface area contributed by atoms with Gasteiger partial charge in [-0.1, -0.05) is 66.9 Å². The van der Waals surface area contributed by atoms with E-state index in [0.29, 0.717) is 17.3 Å². The fraction of sp³-hybridized carbons (Fsp3) is 0.417. The van der Waals surface area contributed by atoms with E-state index in [1.807, 2.05) is 49.4 Å². The second-order valence-electron chi connectivity index (χ2n) is 7.80. The Morgan fingerprint density at radius 1 is 1.10 bits per heavy atom. The van der Waals surface area contributed by atoms with E-state index in [0.717, 1.165) is 37.0 Å². The first-order valence-corrected chi connectivity index (χ1v) is 12.0. The molecule has 0 radical (unpaired) electrons. The van der Waals surface area contributed by atoms with Crippen LogP contribution in [0, 0.1) is 0 Å². The fourth-order valence-corrected chi connectivity index (χ4v) is 4.80. The number of rotatable bonds is 9. The van der Waals surface area contributed by atoms with Gasteiger partial charge in [-0.25, -0.2) is 0 Å². The number of carbonyl (C=O) groups is 2. The Morgan fingerprint density at radius 3 is 2.50 bits per heavy atom. The molecule has 160 valence electrons. The summed E-state index contributed by atoms with van der Waals surface area (Å²) in [6.07, 6.45) is 4.35. The van der Waals surface area contributed by atoms with E-state index < -0.39 is 6.04 Å². The van der Waals surface area contributed by atoms with Crippen LogP contribution in [-0.4, -0.2) is 34.6 Å². The van der Waals surface area contributed by atoms with Crippen LogP contribution in [0.15, 0.2) is 54.6 Å². The Morgan fingerprint density at radius 2 is 1.80 bits per heavy atom. The number of halogens is 1. The predicted molar refractivity (Wildman–Crippen MR) is 124 cm³/mol. The maximum atomic E-state index is 13.1. The lowest BCUT2D eigenvalue weighted by Crippen LogP contribution is -2.50. The molecule has 0 aliphatic heterocycles. The number of amides is 2. The van der Waals surface area contributed by atoms with Gasteiger partial charge >= 0.3 is 0 Å². The molecule has 0 spiro atoms. The first-order chi connectivity index (χ1) is 14.5. The SMILES string of the molecule is C[C@@H](C(=O)NC1CCCC1)N(Cc1cccc(Cl)c1)C(=O)CSCc1ccccc1. The van der Waals surface area contributed by atoms with Gasteiger partial charge in [-0.15, -0.1) is 11.8 Å². The lowest BCUT2D eigenvalue weighted by Gasteiger charge is -2.29. The van der Waals surface area contributed by atoms with Crippen LogP contribution in [0.1, 0.15) is 43.7 Å². The molecule has 2 amide bonds. The van der Waals surface area contributed by atoms with Crippen molar-refractivity contribution in [3.8, 4) is 0 Å². The zero-order valence-electron chi connectivity index (χ0n) is 17.4. The highest BCUT2D eigenvalue weighted by Crippen LogP contribution is 2.20. The second kappa shape index (κ2) is 11.4. The molecular formula is C24H29ClN2O2S. The van der Waals surface area contributed by atoms with Crippen LogP contribution in [0.3, 0.4) is 0 Å². The Bertz CT molecular complexity index is 840. The number of nitrogens with one attached hydrogen (secondary N) is 1. The summed E-state index contributed by atoms with van der Waals surface area (Å²) in [5.74, 6) is 0.979. The van der Waals surface area contributed by atoms with E-state index in [1.54, 1.807) is 16.7 Å². The maximum absolute atomic E-state index is 13.1. The highest BCUT2D eigenvalue weighted by molar-refractivity contribution is 7.99. The van der Waals surface area contributed by atoms with Crippen molar-refractivity contribution in [2.75, 3.05) is 5.75 Å². The van der Waals surface area contributed by atoms with Gasteiger partial charge in [-0.3, -0.25) is 9.59 Å². The summed E-state index contributed by atoms with van der Waals surface area (Å²) in [6, 6.07) is 17.2. The van der Waals surface area contributed by atoms with Crippen LogP contribution in [-0.2, 0) is 21.9 Å². The lowest BCUT2D eigenvalue weighted by molar-refractivity contribution is -0.138. The monoisotopic (exact) mass is 444 g/mol. The van der Waals surface area contributed by atoms with Gasteiger partial charge in [-0.05, 0) is 43.0 Å². The molecule has 1 aliphatic rings. The topological polar surface area (TPSA) is 49.4 Å². The summed E-state index contributed by atoms with van der Waals surface area (Å²) in [5.41, 5.74) is 2.10. The highest BCUT2D eigenvalue weighted by atomic mass is 35.5. The third-order valence-electron chi connectivity index (χ3n) is 5.45. The van der Waals surface area contributed by atoms with Gasteiger partial charge in [0.1, 0.15) is 6.04 Å². The van der Waals surface area contributed by atoms with Crippen LogP contribution in [0.2, 0.25) is 5.02 Å². The molecule has 0 unspecified atom stereocenters. The van der Waals surface area contributed by atoms with Gasteiger partial charge in [0, 0.05) is 23.4 Å². The molecular weight excluding hydrogens is 416 g/mol. The third kappa shape index (κ3) is 6.78. The normalized spacial score (nSPS) is 15.0. The van der Waals surface area contributed by atoms with E-state index in [1.165, 1.54) is 5.56 Å². The first-order valence-electron chi connectivity index (χ1n) is 10.5. The molecule has 1 atom stereocenters. The summed E-state index contributed by atoms with van der Waals surface area (Å²) in [5, 5.41) is 3.75. The molecule has 1 N–H and O–H groups in total. The Labute approximate surface area is 188 Å². The molecule has 0 bridgehead atoms. The van der Waals surface area contributed by atoms with Crippen molar-refractivity contribution in [2.45, 2.75) is 57.0 Å². The molecule has 2 aromatic rings. The summed E-state index contributed by atoms with van der Waals surface area (Å²) in [7, 11) is 0. The van der Waals surface area contributed by atoms with Crippen LogP contribution in [0.4, 0.5) is 0 Å². The lowest BCUT2D eigenvalue weighted by atomic mass is 10.1. The van der Waals surface area contributed by atoms with E-state index in [-0.39, 0.29) is 17.9 Å². The summed E-state index contributed by atoms with van der Waals surface area (Å²) >= 11 is 7.70. The molecule has 4 nitrogen and oxygen atoms in total. The predicted octanol–water partition coefficient (Wildman–Crippen LogP) is 5.05. The Kier molecular flexibility index (Phi) is 8.64. The standard InChI is InChI=1S/C24H29ClN2O2S/c1-18(24(29)26-22-12-5-6-13-22)27(15-20-10-7-11-21(25)14-20)23(28)17-30-16-19-8-3-2-4-9-19/h2-4,7-11,14,18,22H,5-6,12-13,15-17H2,1H3,(H,26,29)/t18-/m0/s1. The minimum atomic E-state index is -0.533. The molecule has 1 fully saturated rings. The summed E-state index contributed by atoms with van der Waals surface area (Å²) in [6.45, 7) is 2.18. The minimum Gasteiger partial charge on any atom is -0.352 e. The number of hydrogen-bond acceptors (Lipinski definition) is 3. The van der Waals surface area contributed by atoms with Crippen molar-refractivity contribution >= 4 is 35.2 Å². The zero-order valence-corrected chi connectivity index (χ0v) is 18.9. The minimum absolute atomic E-state index is 0.0371. The average molecular weight is 445 g/mol. The second-order valence-corrected chi connectivity index (χ2v) is 9.22. The van der Waals surface area contributed by atoms with Crippen LogP contribution >= 0.6 is 23.4 Å². The van der Waals surface area contributed by atoms with Gasteiger partial charge in [-0.2, -0.15) is 0 Å². The summed E-state index contributed by atoms with van der Waals surface area (Å²) < 4.78 is 0. The van der Waals surface area contributed by atoms with Crippen molar-refractivity contribution < 1.29 is 9.59 Å².